The van der Waals surface area contributed by atoms with Crippen LogP contribution in [0.2, 0.25) is 0 Å². The second-order valence-corrected chi connectivity index (χ2v) is 4.46. The van der Waals surface area contributed by atoms with Crippen molar-refractivity contribution in [1.29, 1.82) is 0 Å². The van der Waals surface area contributed by atoms with Gasteiger partial charge in [-0.05, 0) is 30.6 Å². The zero-order chi connectivity index (χ0) is 15.1. The van der Waals surface area contributed by atoms with Crippen molar-refractivity contribution in [3.8, 4) is 0 Å². The van der Waals surface area contributed by atoms with E-state index in [0.29, 0.717) is 12.2 Å². The van der Waals surface area contributed by atoms with Crippen LogP contribution in [-0.4, -0.2) is 6.23 Å². The molecule has 1 rings (SSSR count). The van der Waals surface area contributed by atoms with Crippen molar-refractivity contribution in [2.75, 3.05) is 0 Å². The summed E-state index contributed by atoms with van der Waals surface area (Å²) in [4.78, 5) is 0. The van der Waals surface area contributed by atoms with Crippen molar-refractivity contribution in [3.05, 3.63) is 84.2 Å². The average molecular weight is 269 g/mol. The molecule has 1 atom stereocenters. The van der Waals surface area contributed by atoms with E-state index in [1.807, 2.05) is 44.2 Å². The van der Waals surface area contributed by atoms with E-state index in [-0.39, 0.29) is 0 Å². The lowest BCUT2D eigenvalue weighted by molar-refractivity contribution is 0.187. The van der Waals surface area contributed by atoms with E-state index in [2.05, 4.69) is 19.7 Å². The van der Waals surface area contributed by atoms with E-state index in [1.165, 1.54) is 0 Å². The molecule has 1 aliphatic heterocycles. The molecule has 20 heavy (non-hydrogen) atoms. The maximum absolute atomic E-state index is 6.07. The van der Waals surface area contributed by atoms with Crippen molar-refractivity contribution >= 4 is 0 Å². The molecule has 2 N–H and O–H groups in total. The highest BCUT2D eigenvalue weighted by Crippen LogP contribution is 2.35. The zero-order valence-corrected chi connectivity index (χ0v) is 12.4. The standard InChI is InChI=1S/C18H23NO/c1-6-10-15(11-7-2)17(14(8-3)9-4)16-12-13(5)20-18(16)19/h6-11,18H,1,3,5,12,19H2,2,4H3/b11-7-,14-9+,15-10+,17-16-. The van der Waals surface area contributed by atoms with Crippen LogP contribution < -0.4 is 5.73 Å². The van der Waals surface area contributed by atoms with Gasteiger partial charge in [-0.25, -0.2) is 0 Å². The first-order valence-electron chi connectivity index (χ1n) is 6.67. The zero-order valence-electron chi connectivity index (χ0n) is 12.4. The normalized spacial score (nSPS) is 22.9. The van der Waals surface area contributed by atoms with Crippen molar-refractivity contribution in [1.82, 2.24) is 0 Å². The first-order chi connectivity index (χ1) is 9.58. The quantitative estimate of drug-likeness (QED) is 0.754. The molecule has 0 aliphatic carbocycles. The van der Waals surface area contributed by atoms with Gasteiger partial charge in [-0.3, -0.25) is 5.73 Å². The molecule has 0 aromatic rings. The molecule has 1 saturated heterocycles. The Labute approximate surface area is 122 Å². The maximum Gasteiger partial charge on any atom is 0.170 e. The molecule has 0 saturated carbocycles. The molecule has 0 aromatic carbocycles. The van der Waals surface area contributed by atoms with Crippen LogP contribution in [0.5, 0.6) is 0 Å². The molecule has 0 aromatic heterocycles. The Morgan fingerprint density at radius 3 is 2.40 bits per heavy atom. The van der Waals surface area contributed by atoms with E-state index in [4.69, 9.17) is 10.5 Å². The van der Waals surface area contributed by atoms with E-state index < -0.39 is 6.23 Å². The molecule has 0 spiro atoms. The van der Waals surface area contributed by atoms with E-state index in [0.717, 1.165) is 22.3 Å². The van der Waals surface area contributed by atoms with Gasteiger partial charge in [0.2, 0.25) is 0 Å². The topological polar surface area (TPSA) is 35.2 Å². The van der Waals surface area contributed by atoms with Gasteiger partial charge in [0.05, 0.1) is 5.76 Å². The van der Waals surface area contributed by atoms with E-state index in [9.17, 15) is 0 Å². The highest BCUT2D eigenvalue weighted by molar-refractivity contribution is 5.59. The predicted molar refractivity (Wildman–Crippen MR) is 86.9 cm³/mol. The molecule has 0 bridgehead atoms. The molecular formula is C18H23NO. The van der Waals surface area contributed by atoms with Gasteiger partial charge in [-0.15, -0.1) is 0 Å². The molecule has 1 unspecified atom stereocenters. The van der Waals surface area contributed by atoms with Gasteiger partial charge in [0.1, 0.15) is 0 Å². The lowest BCUT2D eigenvalue weighted by atomic mass is 9.90. The number of hydrogen-bond acceptors (Lipinski definition) is 2. The summed E-state index contributed by atoms with van der Waals surface area (Å²) in [5.74, 6) is 0.697. The number of rotatable bonds is 5. The van der Waals surface area contributed by atoms with Gasteiger partial charge in [0.15, 0.2) is 6.23 Å². The van der Waals surface area contributed by atoms with Crippen LogP contribution in [0.4, 0.5) is 0 Å². The molecule has 2 nitrogen and oxygen atoms in total. The summed E-state index contributed by atoms with van der Waals surface area (Å²) in [6.45, 7) is 15.5. The molecule has 1 fully saturated rings. The third-order valence-electron chi connectivity index (χ3n) is 3.10. The average Bonchev–Trinajstić information content (AvgIpc) is 2.74. The highest BCUT2D eigenvalue weighted by atomic mass is 16.5. The van der Waals surface area contributed by atoms with Crippen LogP contribution in [0.25, 0.3) is 0 Å². The summed E-state index contributed by atoms with van der Waals surface area (Å²) in [6, 6.07) is 0. The van der Waals surface area contributed by atoms with Crippen LogP contribution in [0.1, 0.15) is 20.3 Å². The Balaban J connectivity index is 3.54. The molecule has 106 valence electrons. The summed E-state index contributed by atoms with van der Waals surface area (Å²) in [5.41, 5.74) is 10.2. The van der Waals surface area contributed by atoms with Gasteiger partial charge < -0.3 is 4.74 Å². The first kappa shape index (κ1) is 16.0. The van der Waals surface area contributed by atoms with E-state index >= 15 is 0 Å². The summed E-state index contributed by atoms with van der Waals surface area (Å²) in [7, 11) is 0. The SMILES string of the molecule is C=C/C=C(\C=C/C)C(=C1/CC(=C)OC1N)/C(C=C)=C/C. The van der Waals surface area contributed by atoms with Crippen molar-refractivity contribution in [2.24, 2.45) is 5.73 Å². The number of allylic oxidation sites excluding steroid dienone is 10. The Morgan fingerprint density at radius 1 is 1.30 bits per heavy atom. The minimum Gasteiger partial charge on any atom is -0.476 e. The first-order valence-corrected chi connectivity index (χ1v) is 6.67. The molecule has 2 heteroatoms. The predicted octanol–water partition coefficient (Wildman–Crippen LogP) is 4.32. The van der Waals surface area contributed by atoms with Gasteiger partial charge in [0.25, 0.3) is 0 Å². The lowest BCUT2D eigenvalue weighted by Crippen LogP contribution is -2.21. The van der Waals surface area contributed by atoms with Crippen LogP contribution in [0.3, 0.4) is 0 Å². The van der Waals surface area contributed by atoms with Crippen molar-refractivity contribution < 1.29 is 4.74 Å². The molecule has 1 aliphatic rings. The molecule has 0 amide bonds. The lowest BCUT2D eigenvalue weighted by Gasteiger charge is -2.16. The second-order valence-electron chi connectivity index (χ2n) is 4.46. The minimum absolute atomic E-state index is 0.453. The summed E-state index contributed by atoms with van der Waals surface area (Å²) >= 11 is 0. The third kappa shape index (κ3) is 3.49. The van der Waals surface area contributed by atoms with Crippen LogP contribution in [-0.2, 0) is 4.74 Å². The fraction of sp³-hybridized carbons (Fsp3) is 0.222. The monoisotopic (exact) mass is 269 g/mol. The smallest absolute Gasteiger partial charge is 0.170 e. The second kappa shape index (κ2) is 7.51. The van der Waals surface area contributed by atoms with Crippen LogP contribution >= 0.6 is 0 Å². The molecule has 0 radical (unpaired) electrons. The summed E-state index contributed by atoms with van der Waals surface area (Å²) in [6.07, 6.45) is 11.8. The Morgan fingerprint density at radius 2 is 2.00 bits per heavy atom. The summed E-state index contributed by atoms with van der Waals surface area (Å²) in [5, 5.41) is 0. The van der Waals surface area contributed by atoms with Crippen molar-refractivity contribution in [3.63, 3.8) is 0 Å². The largest absolute Gasteiger partial charge is 0.476 e. The minimum atomic E-state index is -0.453. The highest BCUT2D eigenvalue weighted by Gasteiger charge is 2.26. The Hall–Kier alpha value is -2.06. The number of ether oxygens (including phenoxy) is 1. The third-order valence-corrected chi connectivity index (χ3v) is 3.10. The van der Waals surface area contributed by atoms with Gasteiger partial charge in [0, 0.05) is 12.0 Å². The molecular weight excluding hydrogens is 246 g/mol. The van der Waals surface area contributed by atoms with Gasteiger partial charge in [-0.1, -0.05) is 56.2 Å². The van der Waals surface area contributed by atoms with Gasteiger partial charge >= 0.3 is 0 Å². The summed E-state index contributed by atoms with van der Waals surface area (Å²) < 4.78 is 5.49. The fourth-order valence-corrected chi connectivity index (χ4v) is 2.27. The maximum atomic E-state index is 6.07. The number of nitrogens with two attached hydrogens (primary N) is 1. The number of hydrogen-bond donors (Lipinski definition) is 1. The fourth-order valence-electron chi connectivity index (χ4n) is 2.27. The van der Waals surface area contributed by atoms with Gasteiger partial charge in [-0.2, -0.15) is 0 Å². The molecule has 1 heterocycles. The Bertz CT molecular complexity index is 530. The van der Waals surface area contributed by atoms with Crippen LogP contribution in [0, 0.1) is 0 Å². The van der Waals surface area contributed by atoms with Crippen LogP contribution in [0.15, 0.2) is 84.2 Å². The van der Waals surface area contributed by atoms with Crippen molar-refractivity contribution in [2.45, 2.75) is 26.5 Å². The Kier molecular flexibility index (Phi) is 6.01. The van der Waals surface area contributed by atoms with E-state index in [1.54, 1.807) is 6.08 Å².